The van der Waals surface area contributed by atoms with Crippen molar-refractivity contribution in [3.63, 3.8) is 0 Å². The van der Waals surface area contributed by atoms with E-state index in [9.17, 15) is 0 Å². The maximum Gasteiger partial charge on any atom is 0.219 e. The van der Waals surface area contributed by atoms with Crippen LogP contribution in [0.25, 0.3) is 0 Å². The van der Waals surface area contributed by atoms with Gasteiger partial charge in [0.15, 0.2) is 0 Å². The van der Waals surface area contributed by atoms with Crippen LogP contribution in [0.1, 0.15) is 11.6 Å². The second-order valence-electron chi connectivity index (χ2n) is 2.57. The van der Waals surface area contributed by atoms with Gasteiger partial charge in [0.2, 0.25) is 10.3 Å². The molecule has 0 atom stereocenters. The molecule has 0 unspecified atom stereocenters. The standard InChI is InChI=1S/C6H8N6S2/c1-3-7-5(11-9-3)13-14-6-8-4(2)10-12-6/h1-2H3,(H,7,9,11)(H,8,10,12). The molecule has 2 aromatic heterocycles. The number of hydrogen-bond acceptors (Lipinski definition) is 6. The first kappa shape index (κ1) is 9.53. The molecule has 2 aromatic rings. The van der Waals surface area contributed by atoms with Gasteiger partial charge in [-0.1, -0.05) is 0 Å². The number of aromatic nitrogens is 6. The molecule has 0 amide bonds. The van der Waals surface area contributed by atoms with Gasteiger partial charge in [0.25, 0.3) is 0 Å². The maximum absolute atomic E-state index is 4.14. The lowest BCUT2D eigenvalue weighted by Crippen LogP contribution is -1.74. The Morgan fingerprint density at radius 2 is 1.29 bits per heavy atom. The minimum Gasteiger partial charge on any atom is -0.262 e. The van der Waals surface area contributed by atoms with Crippen LogP contribution in [0.3, 0.4) is 0 Å². The topological polar surface area (TPSA) is 83.1 Å². The van der Waals surface area contributed by atoms with E-state index in [1.165, 1.54) is 21.6 Å². The van der Waals surface area contributed by atoms with E-state index in [1.807, 2.05) is 13.8 Å². The molecule has 2 heterocycles. The quantitative estimate of drug-likeness (QED) is 0.771. The summed E-state index contributed by atoms with van der Waals surface area (Å²) in [5, 5.41) is 14.9. The predicted octanol–water partition coefficient (Wildman–Crippen LogP) is 1.34. The molecular weight excluding hydrogens is 220 g/mol. The molecule has 0 aromatic carbocycles. The van der Waals surface area contributed by atoms with E-state index in [4.69, 9.17) is 0 Å². The van der Waals surface area contributed by atoms with Crippen LogP contribution in [0.5, 0.6) is 0 Å². The molecule has 0 aliphatic carbocycles. The SMILES string of the molecule is Cc1nc(SSc2n[nH]c(C)n2)n[nH]1. The third kappa shape index (κ3) is 2.26. The van der Waals surface area contributed by atoms with E-state index >= 15 is 0 Å². The monoisotopic (exact) mass is 228 g/mol. The van der Waals surface area contributed by atoms with Crippen molar-refractivity contribution in [2.24, 2.45) is 0 Å². The Morgan fingerprint density at radius 1 is 0.857 bits per heavy atom. The Morgan fingerprint density at radius 3 is 1.57 bits per heavy atom. The zero-order chi connectivity index (χ0) is 9.97. The maximum atomic E-state index is 4.14. The molecular formula is C6H8N6S2. The van der Waals surface area contributed by atoms with Crippen LogP contribution in [0.15, 0.2) is 10.3 Å². The van der Waals surface area contributed by atoms with Gasteiger partial charge in [0, 0.05) is 0 Å². The Kier molecular flexibility index (Phi) is 2.73. The van der Waals surface area contributed by atoms with Crippen molar-refractivity contribution in [3.8, 4) is 0 Å². The highest BCUT2D eigenvalue weighted by Gasteiger charge is 2.05. The van der Waals surface area contributed by atoms with Crippen molar-refractivity contribution in [1.82, 2.24) is 30.4 Å². The van der Waals surface area contributed by atoms with Gasteiger partial charge in [-0.15, -0.1) is 10.2 Å². The van der Waals surface area contributed by atoms with E-state index in [-0.39, 0.29) is 0 Å². The van der Waals surface area contributed by atoms with Crippen LogP contribution in [-0.4, -0.2) is 30.4 Å². The Hall–Kier alpha value is -1.02. The molecule has 0 radical (unpaired) electrons. The molecule has 14 heavy (non-hydrogen) atoms. The molecule has 2 N–H and O–H groups in total. The lowest BCUT2D eigenvalue weighted by Gasteiger charge is -1.88. The summed E-state index contributed by atoms with van der Waals surface area (Å²) in [7, 11) is 2.85. The van der Waals surface area contributed by atoms with E-state index < -0.39 is 0 Å². The Labute approximate surface area is 88.1 Å². The second kappa shape index (κ2) is 4.01. The minimum atomic E-state index is 0.690. The molecule has 0 bridgehead atoms. The highest BCUT2D eigenvalue weighted by atomic mass is 33.1. The minimum absolute atomic E-state index is 0.690. The van der Waals surface area contributed by atoms with Crippen molar-refractivity contribution in [3.05, 3.63) is 11.6 Å². The largest absolute Gasteiger partial charge is 0.262 e. The fourth-order valence-electron chi connectivity index (χ4n) is 0.793. The Balaban J connectivity index is 1.94. The highest BCUT2D eigenvalue weighted by molar-refractivity contribution is 8.76. The van der Waals surface area contributed by atoms with Gasteiger partial charge in [-0.3, -0.25) is 10.2 Å². The van der Waals surface area contributed by atoms with Crippen LogP contribution >= 0.6 is 21.6 Å². The second-order valence-corrected chi connectivity index (χ2v) is 4.64. The third-order valence-corrected chi connectivity index (χ3v) is 3.24. The van der Waals surface area contributed by atoms with Gasteiger partial charge < -0.3 is 0 Å². The lowest BCUT2D eigenvalue weighted by atomic mass is 10.8. The fourth-order valence-corrected chi connectivity index (χ4v) is 2.35. The molecule has 6 nitrogen and oxygen atoms in total. The fraction of sp³-hybridized carbons (Fsp3) is 0.333. The van der Waals surface area contributed by atoms with Crippen molar-refractivity contribution in [1.29, 1.82) is 0 Å². The van der Waals surface area contributed by atoms with E-state index in [2.05, 4.69) is 30.4 Å². The van der Waals surface area contributed by atoms with Crippen LogP contribution in [0, 0.1) is 13.8 Å². The smallest absolute Gasteiger partial charge is 0.219 e. The van der Waals surface area contributed by atoms with Crippen LogP contribution in [0.4, 0.5) is 0 Å². The summed E-state index contributed by atoms with van der Waals surface area (Å²) in [6, 6.07) is 0. The van der Waals surface area contributed by atoms with Crippen LogP contribution in [-0.2, 0) is 0 Å². The number of rotatable bonds is 3. The summed E-state index contributed by atoms with van der Waals surface area (Å²) in [5.74, 6) is 1.61. The number of nitrogens with one attached hydrogen (secondary N) is 2. The number of aromatic amines is 2. The first-order valence-corrected chi connectivity index (χ1v) is 6.01. The van der Waals surface area contributed by atoms with Crippen molar-refractivity contribution >= 4 is 21.6 Å². The molecule has 0 aliphatic rings. The van der Waals surface area contributed by atoms with Gasteiger partial charge >= 0.3 is 0 Å². The molecule has 0 aliphatic heterocycles. The van der Waals surface area contributed by atoms with Gasteiger partial charge in [0.05, 0.1) is 0 Å². The normalized spacial score (nSPS) is 10.7. The van der Waals surface area contributed by atoms with Crippen LogP contribution in [0.2, 0.25) is 0 Å². The first-order chi connectivity index (χ1) is 6.74. The zero-order valence-electron chi connectivity index (χ0n) is 7.61. The molecule has 8 heteroatoms. The first-order valence-electron chi connectivity index (χ1n) is 3.86. The Bertz CT molecular complexity index is 381. The van der Waals surface area contributed by atoms with Gasteiger partial charge in [-0.05, 0) is 35.4 Å². The summed E-state index contributed by atoms with van der Waals surface area (Å²) in [4.78, 5) is 8.28. The number of H-pyrrole nitrogens is 2. The van der Waals surface area contributed by atoms with Gasteiger partial charge in [-0.25, -0.2) is 9.97 Å². The molecule has 0 spiro atoms. The van der Waals surface area contributed by atoms with Gasteiger partial charge in [-0.2, -0.15) is 0 Å². The molecule has 0 fully saturated rings. The molecule has 2 rings (SSSR count). The third-order valence-electron chi connectivity index (χ3n) is 1.34. The predicted molar refractivity (Wildman–Crippen MR) is 54.0 cm³/mol. The molecule has 74 valence electrons. The summed E-state index contributed by atoms with van der Waals surface area (Å²) < 4.78 is 0. The van der Waals surface area contributed by atoms with E-state index in [0.29, 0.717) is 10.3 Å². The average Bonchev–Trinajstić information content (AvgIpc) is 2.72. The zero-order valence-corrected chi connectivity index (χ0v) is 9.24. The average molecular weight is 228 g/mol. The lowest BCUT2D eigenvalue weighted by molar-refractivity contribution is 0.969. The summed E-state index contributed by atoms with van der Waals surface area (Å²) in [5.41, 5.74) is 0. The summed E-state index contributed by atoms with van der Waals surface area (Å²) in [6.45, 7) is 3.72. The molecule has 0 saturated heterocycles. The molecule has 0 saturated carbocycles. The van der Waals surface area contributed by atoms with E-state index in [0.717, 1.165) is 11.6 Å². The van der Waals surface area contributed by atoms with Crippen molar-refractivity contribution < 1.29 is 0 Å². The summed E-state index contributed by atoms with van der Waals surface area (Å²) >= 11 is 0. The summed E-state index contributed by atoms with van der Waals surface area (Å²) in [6.07, 6.45) is 0. The van der Waals surface area contributed by atoms with E-state index in [1.54, 1.807) is 0 Å². The van der Waals surface area contributed by atoms with Crippen molar-refractivity contribution in [2.45, 2.75) is 24.2 Å². The van der Waals surface area contributed by atoms with Gasteiger partial charge in [0.1, 0.15) is 11.6 Å². The number of aryl methyl sites for hydroxylation is 2. The van der Waals surface area contributed by atoms with Crippen LogP contribution < -0.4 is 0 Å². The van der Waals surface area contributed by atoms with Crippen molar-refractivity contribution in [2.75, 3.05) is 0 Å². The number of hydrogen-bond donors (Lipinski definition) is 2. The highest BCUT2D eigenvalue weighted by Crippen LogP contribution is 2.32. The number of nitrogens with zero attached hydrogens (tertiary/aromatic N) is 4.